The Kier molecular flexibility index (Phi) is 5.24. The summed E-state index contributed by atoms with van der Waals surface area (Å²) in [5.41, 5.74) is 2.00. The number of amides is 2. The molecular formula is C22H16N2O5S. The summed E-state index contributed by atoms with van der Waals surface area (Å²) < 4.78 is 5.34. The van der Waals surface area contributed by atoms with Gasteiger partial charge in [-0.1, -0.05) is 12.1 Å². The van der Waals surface area contributed by atoms with Crippen molar-refractivity contribution < 1.29 is 18.9 Å². The lowest BCUT2D eigenvalue weighted by atomic mass is 10.1. The number of rotatable bonds is 6. The van der Waals surface area contributed by atoms with Gasteiger partial charge in [0, 0.05) is 12.1 Å². The summed E-state index contributed by atoms with van der Waals surface area (Å²) in [6.07, 6.45) is 1.54. The topological polar surface area (TPSA) is 93.7 Å². The van der Waals surface area contributed by atoms with Crippen LogP contribution < -0.4 is 4.90 Å². The van der Waals surface area contributed by atoms with Crippen LogP contribution in [0.5, 0.6) is 0 Å². The standard InChI is InChI=1S/C22H16N2O5S/c1-14-4-2-5-17(12-14)23-21(25)19(15-7-9-16(10-8-15)24(27)28)20(22(23)26)30-13-18-6-3-11-29-18/h2-12H,13H2,1H3. The number of hydrogen-bond acceptors (Lipinski definition) is 6. The monoisotopic (exact) mass is 420 g/mol. The molecule has 0 radical (unpaired) electrons. The van der Waals surface area contributed by atoms with Crippen molar-refractivity contribution in [2.24, 2.45) is 0 Å². The zero-order valence-electron chi connectivity index (χ0n) is 15.9. The first kappa shape index (κ1) is 19.7. The molecule has 3 aromatic rings. The van der Waals surface area contributed by atoms with Crippen LogP contribution in [0.3, 0.4) is 0 Å². The molecule has 0 atom stereocenters. The van der Waals surface area contributed by atoms with E-state index in [1.54, 1.807) is 36.6 Å². The lowest BCUT2D eigenvalue weighted by molar-refractivity contribution is -0.384. The van der Waals surface area contributed by atoms with Crippen molar-refractivity contribution in [1.82, 2.24) is 0 Å². The third kappa shape index (κ3) is 3.65. The van der Waals surface area contributed by atoms with Gasteiger partial charge in [-0.05, 0) is 54.4 Å². The highest BCUT2D eigenvalue weighted by Gasteiger charge is 2.40. The van der Waals surface area contributed by atoms with Crippen LogP contribution in [0.25, 0.3) is 5.57 Å². The maximum atomic E-state index is 13.3. The SMILES string of the molecule is Cc1cccc(N2C(=O)C(SCc3ccco3)=C(c3ccc([N+](=O)[O-])cc3)C2=O)c1. The van der Waals surface area contributed by atoms with E-state index in [0.717, 1.165) is 10.5 Å². The third-order valence-corrected chi connectivity index (χ3v) is 5.70. The van der Waals surface area contributed by atoms with Gasteiger partial charge in [-0.3, -0.25) is 19.7 Å². The predicted octanol–water partition coefficient (Wildman–Crippen LogP) is 4.71. The molecule has 0 spiro atoms. The fourth-order valence-corrected chi connectivity index (χ4v) is 4.20. The molecule has 2 heterocycles. The Morgan fingerprint density at radius 2 is 1.80 bits per heavy atom. The summed E-state index contributed by atoms with van der Waals surface area (Å²) in [6, 6.07) is 16.3. The van der Waals surface area contributed by atoms with Crippen molar-refractivity contribution in [3.8, 4) is 0 Å². The zero-order chi connectivity index (χ0) is 21.3. The summed E-state index contributed by atoms with van der Waals surface area (Å²) in [5, 5.41) is 11.0. The minimum atomic E-state index is -0.509. The number of thioether (sulfide) groups is 1. The lowest BCUT2D eigenvalue weighted by Gasteiger charge is -2.15. The quantitative estimate of drug-likeness (QED) is 0.326. The molecule has 1 aliphatic rings. The molecule has 30 heavy (non-hydrogen) atoms. The van der Waals surface area contributed by atoms with Gasteiger partial charge in [-0.25, -0.2) is 4.90 Å². The highest BCUT2D eigenvalue weighted by atomic mass is 32.2. The summed E-state index contributed by atoms with van der Waals surface area (Å²) in [5.74, 6) is 0.168. The second-order valence-electron chi connectivity index (χ2n) is 6.66. The van der Waals surface area contributed by atoms with Crippen molar-refractivity contribution in [1.29, 1.82) is 0 Å². The van der Waals surface area contributed by atoms with Gasteiger partial charge >= 0.3 is 0 Å². The highest BCUT2D eigenvalue weighted by molar-refractivity contribution is 8.03. The molecule has 0 saturated heterocycles. The molecule has 0 fully saturated rings. The molecule has 4 rings (SSSR count). The average Bonchev–Trinajstić information content (AvgIpc) is 3.32. The molecule has 2 amide bonds. The molecule has 150 valence electrons. The van der Waals surface area contributed by atoms with Crippen LogP contribution in [0.15, 0.2) is 76.2 Å². The van der Waals surface area contributed by atoms with E-state index in [-0.39, 0.29) is 16.2 Å². The molecule has 1 aromatic heterocycles. The molecule has 2 aromatic carbocycles. The maximum absolute atomic E-state index is 13.3. The Bertz CT molecular complexity index is 1170. The van der Waals surface area contributed by atoms with Crippen LogP contribution in [-0.4, -0.2) is 16.7 Å². The Labute approximate surface area is 176 Å². The van der Waals surface area contributed by atoms with Gasteiger partial charge in [-0.2, -0.15) is 0 Å². The largest absolute Gasteiger partial charge is 0.468 e. The maximum Gasteiger partial charge on any atom is 0.272 e. The summed E-state index contributed by atoms with van der Waals surface area (Å²) in [6.45, 7) is 1.88. The van der Waals surface area contributed by atoms with Crippen LogP contribution in [0.2, 0.25) is 0 Å². The summed E-state index contributed by atoms with van der Waals surface area (Å²) >= 11 is 1.21. The fraction of sp³-hybridized carbons (Fsp3) is 0.0909. The first-order valence-corrected chi connectivity index (χ1v) is 10.0. The second kappa shape index (κ2) is 8.00. The number of carbonyl (C=O) groups excluding carboxylic acids is 2. The van der Waals surface area contributed by atoms with Crippen molar-refractivity contribution >= 4 is 40.5 Å². The van der Waals surface area contributed by atoms with Crippen LogP contribution in [0.4, 0.5) is 11.4 Å². The van der Waals surface area contributed by atoms with E-state index >= 15 is 0 Å². The Balaban J connectivity index is 1.76. The Morgan fingerprint density at radius 3 is 2.43 bits per heavy atom. The number of furan rings is 1. The molecule has 0 bridgehead atoms. The van der Waals surface area contributed by atoms with E-state index in [2.05, 4.69) is 0 Å². The number of imide groups is 1. The van der Waals surface area contributed by atoms with E-state index in [1.165, 1.54) is 36.0 Å². The van der Waals surface area contributed by atoms with Gasteiger partial charge < -0.3 is 4.42 Å². The van der Waals surface area contributed by atoms with Crippen molar-refractivity contribution in [3.05, 3.63) is 98.8 Å². The first-order chi connectivity index (χ1) is 14.5. The molecule has 0 N–H and O–H groups in total. The van der Waals surface area contributed by atoms with Crippen molar-refractivity contribution in [2.45, 2.75) is 12.7 Å². The number of hydrogen-bond donors (Lipinski definition) is 0. The minimum Gasteiger partial charge on any atom is -0.468 e. The normalized spacial score (nSPS) is 14.0. The zero-order valence-corrected chi connectivity index (χ0v) is 16.7. The van der Waals surface area contributed by atoms with Gasteiger partial charge in [0.05, 0.1) is 33.1 Å². The van der Waals surface area contributed by atoms with E-state index in [4.69, 9.17) is 4.42 Å². The minimum absolute atomic E-state index is 0.0866. The van der Waals surface area contributed by atoms with Crippen LogP contribution >= 0.6 is 11.8 Å². The van der Waals surface area contributed by atoms with Crippen molar-refractivity contribution in [3.63, 3.8) is 0 Å². The van der Waals surface area contributed by atoms with Gasteiger partial charge in [0.15, 0.2) is 0 Å². The smallest absolute Gasteiger partial charge is 0.272 e. The Hall–Kier alpha value is -3.65. The van der Waals surface area contributed by atoms with Gasteiger partial charge in [0.1, 0.15) is 5.76 Å². The van der Waals surface area contributed by atoms with Crippen LogP contribution in [0, 0.1) is 17.0 Å². The number of anilines is 1. The number of benzene rings is 2. The molecule has 0 aliphatic carbocycles. The molecule has 1 aliphatic heterocycles. The van der Waals surface area contributed by atoms with E-state index in [9.17, 15) is 19.7 Å². The highest BCUT2D eigenvalue weighted by Crippen LogP contribution is 2.40. The van der Waals surface area contributed by atoms with Gasteiger partial charge in [0.2, 0.25) is 0 Å². The second-order valence-corrected chi connectivity index (χ2v) is 7.65. The Morgan fingerprint density at radius 1 is 1.03 bits per heavy atom. The van der Waals surface area contributed by atoms with Gasteiger partial charge in [-0.15, -0.1) is 11.8 Å². The van der Waals surface area contributed by atoms with Gasteiger partial charge in [0.25, 0.3) is 17.5 Å². The fourth-order valence-electron chi connectivity index (χ4n) is 3.19. The van der Waals surface area contributed by atoms with Crippen LogP contribution in [-0.2, 0) is 15.3 Å². The van der Waals surface area contributed by atoms with E-state index in [0.29, 0.717) is 22.8 Å². The summed E-state index contributed by atoms with van der Waals surface area (Å²) in [7, 11) is 0. The third-order valence-electron chi connectivity index (χ3n) is 4.61. The number of nitro benzene ring substituents is 1. The molecule has 0 saturated carbocycles. The summed E-state index contributed by atoms with van der Waals surface area (Å²) in [4.78, 5) is 38.4. The number of non-ortho nitro benzene ring substituents is 1. The average molecular weight is 420 g/mol. The first-order valence-electron chi connectivity index (χ1n) is 9.05. The van der Waals surface area contributed by atoms with Crippen molar-refractivity contribution in [2.75, 3.05) is 4.90 Å². The predicted molar refractivity (Wildman–Crippen MR) is 114 cm³/mol. The number of carbonyl (C=O) groups is 2. The molecular weight excluding hydrogens is 404 g/mol. The van der Waals surface area contributed by atoms with E-state index < -0.39 is 16.7 Å². The number of nitrogens with zero attached hydrogens (tertiary/aromatic N) is 2. The van der Waals surface area contributed by atoms with E-state index in [1.807, 2.05) is 13.0 Å². The lowest BCUT2D eigenvalue weighted by Crippen LogP contribution is -2.31. The molecule has 8 heteroatoms. The number of nitro groups is 1. The van der Waals surface area contributed by atoms with Crippen LogP contribution in [0.1, 0.15) is 16.9 Å². The number of aryl methyl sites for hydroxylation is 1. The molecule has 7 nitrogen and oxygen atoms in total. The molecule has 0 unspecified atom stereocenters.